The van der Waals surface area contributed by atoms with Crippen molar-refractivity contribution in [1.82, 2.24) is 0 Å². The molecule has 20 heavy (non-hydrogen) atoms. The molecule has 0 bridgehead atoms. The fourth-order valence-corrected chi connectivity index (χ4v) is 4.57. The predicted molar refractivity (Wildman–Crippen MR) is 97.4 cm³/mol. The van der Waals surface area contributed by atoms with Gasteiger partial charge in [0.15, 0.2) is 0 Å². The number of thiophene rings is 1. The van der Waals surface area contributed by atoms with E-state index < -0.39 is 0 Å². The normalized spacial score (nSPS) is 13.2. The minimum absolute atomic E-state index is 0.275. The minimum atomic E-state index is 0.275. The Hall–Kier alpha value is -0.120. The Morgan fingerprint density at radius 3 is 2.10 bits per heavy atom. The van der Waals surface area contributed by atoms with E-state index in [9.17, 15) is 0 Å². The first-order valence-corrected chi connectivity index (χ1v) is 9.45. The molecular weight excluding hydrogens is 396 g/mol. The summed E-state index contributed by atoms with van der Waals surface area (Å²) < 4.78 is 1.18. The molecule has 0 saturated heterocycles. The highest BCUT2D eigenvalue weighted by Gasteiger charge is 2.18. The average molecular weight is 416 g/mol. The third-order valence-corrected chi connectivity index (χ3v) is 6.49. The van der Waals surface area contributed by atoms with Crippen LogP contribution < -0.4 is 0 Å². The highest BCUT2D eigenvalue weighted by molar-refractivity contribution is 9.11. The molecule has 0 spiro atoms. The summed E-state index contributed by atoms with van der Waals surface area (Å²) >= 11 is 9.22. The third-order valence-electron chi connectivity index (χ3n) is 3.52. The molecular formula is C17H20Br2S. The number of benzene rings is 1. The maximum absolute atomic E-state index is 3.88. The van der Waals surface area contributed by atoms with Gasteiger partial charge in [-0.25, -0.2) is 0 Å². The molecule has 1 aromatic heterocycles. The maximum atomic E-state index is 3.88. The van der Waals surface area contributed by atoms with Crippen LogP contribution >= 0.6 is 43.2 Å². The highest BCUT2D eigenvalue weighted by atomic mass is 79.9. The number of hydrogen-bond donors (Lipinski definition) is 0. The molecule has 3 heteroatoms. The zero-order valence-corrected chi connectivity index (χ0v) is 16.3. The van der Waals surface area contributed by atoms with E-state index in [2.05, 4.69) is 89.9 Å². The summed E-state index contributed by atoms with van der Waals surface area (Å²) in [7, 11) is 0. The summed E-state index contributed by atoms with van der Waals surface area (Å²) in [4.78, 5) is 1.62. The molecule has 0 saturated carbocycles. The minimum Gasteiger partial charge on any atom is -0.132 e. The van der Waals surface area contributed by atoms with Crippen molar-refractivity contribution in [3.63, 3.8) is 0 Å². The zero-order valence-electron chi connectivity index (χ0n) is 12.3. The smallest absolute Gasteiger partial charge is 0.0741 e. The molecule has 0 fully saturated rings. The van der Waals surface area contributed by atoms with E-state index in [0.29, 0.717) is 11.8 Å². The van der Waals surface area contributed by atoms with Crippen molar-refractivity contribution in [3.05, 3.63) is 55.7 Å². The Kier molecular flexibility index (Phi) is 5.49. The molecule has 0 amide bonds. The molecule has 2 aromatic rings. The van der Waals surface area contributed by atoms with Crippen molar-refractivity contribution in [1.29, 1.82) is 0 Å². The molecule has 0 N–H and O–H groups in total. The van der Waals surface area contributed by atoms with Crippen molar-refractivity contribution in [3.8, 4) is 0 Å². The van der Waals surface area contributed by atoms with Crippen molar-refractivity contribution < 1.29 is 0 Å². The molecule has 0 aliphatic rings. The Balaban J connectivity index is 2.45. The van der Waals surface area contributed by atoms with Crippen LogP contribution in [-0.4, -0.2) is 0 Å². The average Bonchev–Trinajstić information content (AvgIpc) is 2.83. The van der Waals surface area contributed by atoms with Gasteiger partial charge in [-0.3, -0.25) is 0 Å². The predicted octanol–water partition coefficient (Wildman–Crippen LogP) is 7.24. The van der Waals surface area contributed by atoms with E-state index in [1.54, 1.807) is 11.3 Å². The summed E-state index contributed by atoms with van der Waals surface area (Å²) in [5, 5.41) is 0. The topological polar surface area (TPSA) is 0 Å². The van der Waals surface area contributed by atoms with E-state index in [-0.39, 0.29) is 4.83 Å². The van der Waals surface area contributed by atoms with Gasteiger partial charge < -0.3 is 0 Å². The lowest BCUT2D eigenvalue weighted by Gasteiger charge is -2.19. The number of rotatable bonds is 4. The highest BCUT2D eigenvalue weighted by Crippen LogP contribution is 2.40. The SMILES string of the molecule is CC(C)c1ccc(C(Br)c2ccc(Br)s2)c(C(C)C)c1. The lowest BCUT2D eigenvalue weighted by Crippen LogP contribution is -2.01. The second kappa shape index (κ2) is 6.76. The van der Waals surface area contributed by atoms with Crippen LogP contribution in [0.4, 0.5) is 0 Å². The summed E-state index contributed by atoms with van der Waals surface area (Å²) in [6, 6.07) is 11.2. The molecule has 1 aromatic carbocycles. The molecule has 1 heterocycles. The van der Waals surface area contributed by atoms with Gasteiger partial charge in [-0.15, -0.1) is 11.3 Å². The molecule has 2 rings (SSSR count). The van der Waals surface area contributed by atoms with Gasteiger partial charge in [0.25, 0.3) is 0 Å². The van der Waals surface area contributed by atoms with Crippen molar-refractivity contribution in [2.45, 2.75) is 44.4 Å². The van der Waals surface area contributed by atoms with E-state index >= 15 is 0 Å². The molecule has 0 nitrogen and oxygen atoms in total. The number of alkyl halides is 1. The van der Waals surface area contributed by atoms with Gasteiger partial charge in [-0.05, 0) is 56.6 Å². The fourth-order valence-electron chi connectivity index (χ4n) is 2.30. The Bertz CT molecular complexity index is 584. The molecule has 0 radical (unpaired) electrons. The van der Waals surface area contributed by atoms with Gasteiger partial charge in [0.05, 0.1) is 8.61 Å². The van der Waals surface area contributed by atoms with Gasteiger partial charge >= 0.3 is 0 Å². The van der Waals surface area contributed by atoms with Crippen LogP contribution in [0.2, 0.25) is 0 Å². The Labute approximate surface area is 142 Å². The molecule has 108 valence electrons. The molecule has 1 atom stereocenters. The number of halogens is 2. The van der Waals surface area contributed by atoms with E-state index in [1.807, 2.05) is 0 Å². The van der Waals surface area contributed by atoms with Crippen molar-refractivity contribution in [2.24, 2.45) is 0 Å². The van der Waals surface area contributed by atoms with Crippen LogP contribution in [0.5, 0.6) is 0 Å². The Morgan fingerprint density at radius 1 is 0.900 bits per heavy atom. The summed E-state index contributed by atoms with van der Waals surface area (Å²) in [6.07, 6.45) is 0. The fraction of sp³-hybridized carbons (Fsp3) is 0.412. The standard InChI is InChI=1S/C17H20Br2S/c1-10(2)12-5-6-13(14(9-12)11(3)4)17(19)15-7-8-16(18)20-15/h5-11,17H,1-4H3. The first-order chi connectivity index (χ1) is 9.40. The van der Waals surface area contributed by atoms with Crippen LogP contribution in [0, 0.1) is 0 Å². The lowest BCUT2D eigenvalue weighted by molar-refractivity contribution is 0.821. The first-order valence-electron chi connectivity index (χ1n) is 6.93. The van der Waals surface area contributed by atoms with Crippen LogP contribution in [-0.2, 0) is 0 Å². The maximum Gasteiger partial charge on any atom is 0.0741 e. The molecule has 0 aliphatic heterocycles. The third kappa shape index (κ3) is 3.55. The van der Waals surface area contributed by atoms with Crippen LogP contribution in [0.1, 0.15) is 65.9 Å². The monoisotopic (exact) mass is 414 g/mol. The largest absolute Gasteiger partial charge is 0.132 e. The summed E-state index contributed by atoms with van der Waals surface area (Å²) in [5.74, 6) is 1.11. The lowest BCUT2D eigenvalue weighted by atomic mass is 9.90. The quantitative estimate of drug-likeness (QED) is 0.461. The van der Waals surface area contributed by atoms with E-state index in [4.69, 9.17) is 0 Å². The summed E-state index contributed by atoms with van der Waals surface area (Å²) in [5.41, 5.74) is 4.26. The molecule has 1 unspecified atom stereocenters. The van der Waals surface area contributed by atoms with Crippen LogP contribution in [0.25, 0.3) is 0 Å². The van der Waals surface area contributed by atoms with E-state index in [0.717, 1.165) is 0 Å². The van der Waals surface area contributed by atoms with Crippen molar-refractivity contribution in [2.75, 3.05) is 0 Å². The Morgan fingerprint density at radius 2 is 1.60 bits per heavy atom. The van der Waals surface area contributed by atoms with Gasteiger partial charge in [-0.1, -0.05) is 61.8 Å². The zero-order chi connectivity index (χ0) is 14.9. The van der Waals surface area contributed by atoms with Gasteiger partial charge in [0.2, 0.25) is 0 Å². The van der Waals surface area contributed by atoms with Crippen molar-refractivity contribution >= 4 is 43.2 Å². The second-order valence-electron chi connectivity index (χ2n) is 5.70. The van der Waals surface area contributed by atoms with Gasteiger partial charge in [0.1, 0.15) is 0 Å². The summed E-state index contributed by atoms with van der Waals surface area (Å²) in [6.45, 7) is 9.04. The first kappa shape index (κ1) is 16.3. The van der Waals surface area contributed by atoms with E-state index in [1.165, 1.54) is 25.4 Å². The van der Waals surface area contributed by atoms with Gasteiger partial charge in [0, 0.05) is 4.88 Å². The van der Waals surface area contributed by atoms with Gasteiger partial charge in [-0.2, -0.15) is 0 Å². The van der Waals surface area contributed by atoms with Crippen LogP contribution in [0.3, 0.4) is 0 Å². The number of hydrogen-bond acceptors (Lipinski definition) is 1. The second-order valence-corrected chi connectivity index (χ2v) is 9.11. The molecule has 0 aliphatic carbocycles. The van der Waals surface area contributed by atoms with Crippen LogP contribution in [0.15, 0.2) is 34.1 Å².